The highest BCUT2D eigenvalue weighted by molar-refractivity contribution is 9.09. The highest BCUT2D eigenvalue weighted by Crippen LogP contribution is 2.05. The first kappa shape index (κ1) is 10.9. The Labute approximate surface area is 77.0 Å². The molecular weight excluding hydrogens is 204 g/mol. The normalized spacial score (nSPS) is 9.64. The Kier molecular flexibility index (Phi) is 6.52. The van der Waals surface area contributed by atoms with Gasteiger partial charge in [0.15, 0.2) is 5.78 Å². The lowest BCUT2D eigenvalue weighted by atomic mass is 10.1. The van der Waals surface area contributed by atoms with E-state index >= 15 is 0 Å². The summed E-state index contributed by atoms with van der Waals surface area (Å²) in [6.45, 7) is 5.37. The molecule has 11 heavy (non-hydrogen) atoms. The minimum Gasteiger partial charge on any atom is -0.295 e. The summed E-state index contributed by atoms with van der Waals surface area (Å²) in [5.74, 6) is 0.208. The number of alkyl halides is 1. The van der Waals surface area contributed by atoms with E-state index in [1.807, 2.05) is 0 Å². The number of hydrogen-bond donors (Lipinski definition) is 0. The highest BCUT2D eigenvalue weighted by atomic mass is 79.9. The van der Waals surface area contributed by atoms with Crippen LogP contribution in [0.25, 0.3) is 0 Å². The van der Waals surface area contributed by atoms with Crippen molar-refractivity contribution in [3.05, 3.63) is 12.2 Å². The van der Waals surface area contributed by atoms with Gasteiger partial charge in [0, 0.05) is 11.8 Å². The lowest BCUT2D eigenvalue weighted by molar-refractivity contribution is -0.115. The summed E-state index contributed by atoms with van der Waals surface area (Å²) in [6.07, 6.45) is 3.95. The quantitative estimate of drug-likeness (QED) is 0.381. The Morgan fingerprint density at radius 3 is 2.45 bits per heavy atom. The minimum atomic E-state index is 0.208. The van der Waals surface area contributed by atoms with Crippen molar-refractivity contribution in [3.8, 4) is 0 Å². The van der Waals surface area contributed by atoms with Crippen molar-refractivity contribution in [2.24, 2.45) is 0 Å². The molecule has 0 heterocycles. The fourth-order valence-corrected chi connectivity index (χ4v) is 1.17. The number of hydrogen-bond acceptors (Lipinski definition) is 1. The molecule has 0 N–H and O–H groups in total. The average Bonchev–Trinajstić information content (AvgIpc) is 1.97. The zero-order chi connectivity index (χ0) is 8.69. The van der Waals surface area contributed by atoms with Crippen molar-refractivity contribution in [1.29, 1.82) is 0 Å². The lowest BCUT2D eigenvalue weighted by Crippen LogP contribution is -1.97. The van der Waals surface area contributed by atoms with E-state index in [2.05, 4.69) is 22.5 Å². The molecular formula is C9H15BrO. The van der Waals surface area contributed by atoms with Gasteiger partial charge in [0.05, 0.1) is 0 Å². The fraction of sp³-hybridized carbons (Fsp3) is 0.667. The summed E-state index contributed by atoms with van der Waals surface area (Å²) in [7, 11) is 0. The summed E-state index contributed by atoms with van der Waals surface area (Å²) in [5, 5.41) is 1.04. The van der Waals surface area contributed by atoms with Crippen LogP contribution in [0, 0.1) is 0 Å². The van der Waals surface area contributed by atoms with Gasteiger partial charge in [-0.1, -0.05) is 28.9 Å². The monoisotopic (exact) mass is 218 g/mol. The van der Waals surface area contributed by atoms with Crippen LogP contribution in [0.15, 0.2) is 12.2 Å². The van der Waals surface area contributed by atoms with Gasteiger partial charge in [-0.3, -0.25) is 4.79 Å². The first-order valence-corrected chi connectivity index (χ1v) is 5.05. The molecule has 0 aliphatic heterocycles. The van der Waals surface area contributed by atoms with Crippen molar-refractivity contribution in [2.45, 2.75) is 32.6 Å². The second kappa shape index (κ2) is 6.59. The minimum absolute atomic E-state index is 0.208. The fourth-order valence-electron chi connectivity index (χ4n) is 0.770. The number of carbonyl (C=O) groups excluding carboxylic acids is 1. The van der Waals surface area contributed by atoms with Gasteiger partial charge in [-0.2, -0.15) is 0 Å². The second-order valence-electron chi connectivity index (χ2n) is 2.70. The van der Waals surface area contributed by atoms with E-state index in [-0.39, 0.29) is 5.78 Å². The van der Waals surface area contributed by atoms with Crippen LogP contribution in [0.5, 0.6) is 0 Å². The van der Waals surface area contributed by atoms with Gasteiger partial charge in [-0.25, -0.2) is 0 Å². The van der Waals surface area contributed by atoms with E-state index in [1.54, 1.807) is 6.92 Å². The van der Waals surface area contributed by atoms with Crippen molar-refractivity contribution < 1.29 is 4.79 Å². The molecule has 0 saturated carbocycles. The van der Waals surface area contributed by atoms with Gasteiger partial charge in [0.2, 0.25) is 0 Å². The van der Waals surface area contributed by atoms with E-state index in [1.165, 1.54) is 0 Å². The Hall–Kier alpha value is -0.110. The number of unbranched alkanes of at least 4 members (excludes halogenated alkanes) is 2. The number of rotatable bonds is 6. The van der Waals surface area contributed by atoms with Gasteiger partial charge >= 0.3 is 0 Å². The van der Waals surface area contributed by atoms with Gasteiger partial charge in [-0.15, -0.1) is 0 Å². The molecule has 0 radical (unpaired) electrons. The summed E-state index contributed by atoms with van der Waals surface area (Å²) in [6, 6.07) is 0. The molecule has 2 heteroatoms. The van der Waals surface area contributed by atoms with E-state index < -0.39 is 0 Å². The van der Waals surface area contributed by atoms with Gasteiger partial charge in [0.1, 0.15) is 0 Å². The first-order valence-electron chi connectivity index (χ1n) is 3.93. The third-order valence-electron chi connectivity index (χ3n) is 1.51. The van der Waals surface area contributed by atoms with Crippen molar-refractivity contribution >= 4 is 21.7 Å². The molecule has 0 fully saturated rings. The van der Waals surface area contributed by atoms with Gasteiger partial charge in [0.25, 0.3) is 0 Å². The number of halogens is 1. The predicted molar refractivity (Wildman–Crippen MR) is 52.1 cm³/mol. The smallest absolute Gasteiger partial charge is 0.157 e. The first-order chi connectivity index (χ1) is 5.18. The van der Waals surface area contributed by atoms with E-state index in [0.29, 0.717) is 12.0 Å². The van der Waals surface area contributed by atoms with Crippen LogP contribution >= 0.6 is 15.9 Å². The Bertz CT molecular complexity index is 140. The largest absolute Gasteiger partial charge is 0.295 e. The average molecular weight is 219 g/mol. The van der Waals surface area contributed by atoms with Crippen LogP contribution in [-0.4, -0.2) is 11.1 Å². The third kappa shape index (κ3) is 6.29. The van der Waals surface area contributed by atoms with Crippen LogP contribution in [0.1, 0.15) is 32.6 Å². The Morgan fingerprint density at radius 1 is 1.36 bits per heavy atom. The summed E-state index contributed by atoms with van der Waals surface area (Å²) >= 11 is 3.34. The summed E-state index contributed by atoms with van der Waals surface area (Å²) < 4.78 is 0. The molecule has 0 aromatic rings. The van der Waals surface area contributed by atoms with E-state index in [0.717, 1.165) is 24.6 Å². The maximum absolute atomic E-state index is 11.0. The van der Waals surface area contributed by atoms with Crippen LogP contribution in [0.4, 0.5) is 0 Å². The van der Waals surface area contributed by atoms with Crippen molar-refractivity contribution in [2.75, 3.05) is 5.33 Å². The Morgan fingerprint density at radius 2 is 2.00 bits per heavy atom. The van der Waals surface area contributed by atoms with Crippen LogP contribution in [0.2, 0.25) is 0 Å². The SMILES string of the molecule is C=C(C)C(=O)CCCCCBr. The number of ketones is 1. The number of allylic oxidation sites excluding steroid dienone is 1. The molecule has 0 atom stereocenters. The molecule has 64 valence electrons. The van der Waals surface area contributed by atoms with E-state index in [4.69, 9.17) is 0 Å². The maximum Gasteiger partial charge on any atom is 0.157 e. The molecule has 1 nitrogen and oxygen atoms in total. The Balaban J connectivity index is 3.25. The molecule has 0 rings (SSSR count). The van der Waals surface area contributed by atoms with Crippen LogP contribution in [0.3, 0.4) is 0 Å². The number of carbonyl (C=O) groups is 1. The molecule has 0 amide bonds. The zero-order valence-corrected chi connectivity index (χ0v) is 8.61. The topological polar surface area (TPSA) is 17.1 Å². The van der Waals surface area contributed by atoms with Crippen LogP contribution in [-0.2, 0) is 4.79 Å². The summed E-state index contributed by atoms with van der Waals surface area (Å²) in [4.78, 5) is 11.0. The predicted octanol–water partition coefficient (Wildman–Crippen LogP) is 3.09. The molecule has 0 unspecified atom stereocenters. The maximum atomic E-state index is 11.0. The second-order valence-corrected chi connectivity index (χ2v) is 3.50. The van der Waals surface area contributed by atoms with Crippen LogP contribution < -0.4 is 0 Å². The standard InChI is InChI=1S/C9H15BrO/c1-8(2)9(11)6-4-3-5-7-10/h1,3-7H2,2H3. The molecule has 0 spiro atoms. The van der Waals surface area contributed by atoms with Gasteiger partial charge < -0.3 is 0 Å². The van der Waals surface area contributed by atoms with Crippen molar-refractivity contribution in [3.63, 3.8) is 0 Å². The zero-order valence-electron chi connectivity index (χ0n) is 7.03. The molecule has 0 bridgehead atoms. The lowest BCUT2D eigenvalue weighted by Gasteiger charge is -1.97. The van der Waals surface area contributed by atoms with E-state index in [9.17, 15) is 4.79 Å². The number of Topliss-reactive ketones (excluding diaryl/α,β-unsaturated/α-hetero) is 1. The molecule has 0 aliphatic rings. The molecule has 0 aromatic heterocycles. The van der Waals surface area contributed by atoms with Crippen molar-refractivity contribution in [1.82, 2.24) is 0 Å². The van der Waals surface area contributed by atoms with Gasteiger partial charge in [-0.05, 0) is 25.3 Å². The highest BCUT2D eigenvalue weighted by Gasteiger charge is 2.00. The molecule has 0 aliphatic carbocycles. The third-order valence-corrected chi connectivity index (χ3v) is 2.07. The molecule has 0 saturated heterocycles. The summed E-state index contributed by atoms with van der Waals surface area (Å²) in [5.41, 5.74) is 0.684. The molecule has 0 aromatic carbocycles.